The number of ether oxygens (including phenoxy) is 1. The predicted molar refractivity (Wildman–Crippen MR) is 65.1 cm³/mol. The number of carbonyl (C=O) groups is 1. The number of phenolic OH excluding ortho intramolecular Hbond substituents is 1. The van der Waals surface area contributed by atoms with E-state index in [4.69, 9.17) is 4.74 Å². The number of aromatic hydroxyl groups is 1. The Morgan fingerprint density at radius 3 is 2.59 bits per heavy atom. The standard InChI is InChI=1S/C13H17NO3/c1-17-13(16)10-6-8-14(9-7-10)11-4-2-3-5-12(11)15/h2-5,10,15H,6-9H2,1H3. The van der Waals surface area contributed by atoms with Crippen molar-refractivity contribution in [3.05, 3.63) is 24.3 Å². The Labute approximate surface area is 101 Å². The van der Waals surface area contributed by atoms with E-state index in [1.807, 2.05) is 12.1 Å². The minimum absolute atomic E-state index is 0.00195. The summed E-state index contributed by atoms with van der Waals surface area (Å²) in [6.45, 7) is 1.55. The van der Waals surface area contributed by atoms with E-state index in [0.29, 0.717) is 5.75 Å². The molecular weight excluding hydrogens is 218 g/mol. The number of piperidine rings is 1. The monoisotopic (exact) mass is 235 g/mol. The summed E-state index contributed by atoms with van der Waals surface area (Å²) in [6.07, 6.45) is 1.56. The highest BCUT2D eigenvalue weighted by Gasteiger charge is 2.26. The maximum atomic E-state index is 11.4. The molecule has 0 atom stereocenters. The zero-order valence-corrected chi connectivity index (χ0v) is 9.93. The van der Waals surface area contributed by atoms with Gasteiger partial charge in [-0.05, 0) is 25.0 Å². The zero-order valence-electron chi connectivity index (χ0n) is 9.93. The molecule has 1 fully saturated rings. The van der Waals surface area contributed by atoms with Crippen LogP contribution in [0.5, 0.6) is 5.75 Å². The van der Waals surface area contributed by atoms with Gasteiger partial charge in [-0.3, -0.25) is 4.79 Å². The van der Waals surface area contributed by atoms with Crippen molar-refractivity contribution >= 4 is 11.7 Å². The lowest BCUT2D eigenvalue weighted by Gasteiger charge is -2.32. The van der Waals surface area contributed by atoms with Crippen LogP contribution in [0, 0.1) is 5.92 Å². The van der Waals surface area contributed by atoms with Crippen LogP contribution in [-0.2, 0) is 9.53 Å². The van der Waals surface area contributed by atoms with Crippen molar-refractivity contribution in [3.8, 4) is 5.75 Å². The number of methoxy groups -OCH3 is 1. The van der Waals surface area contributed by atoms with Crippen molar-refractivity contribution in [2.75, 3.05) is 25.1 Å². The number of carbonyl (C=O) groups excluding carboxylic acids is 1. The highest BCUT2D eigenvalue weighted by molar-refractivity contribution is 5.72. The Kier molecular flexibility index (Phi) is 3.52. The van der Waals surface area contributed by atoms with Gasteiger partial charge in [-0.1, -0.05) is 12.1 Å². The van der Waals surface area contributed by atoms with Gasteiger partial charge in [0.2, 0.25) is 0 Å². The summed E-state index contributed by atoms with van der Waals surface area (Å²) in [5.74, 6) is 0.174. The number of anilines is 1. The van der Waals surface area contributed by atoms with Gasteiger partial charge in [0.1, 0.15) is 5.75 Å². The first-order valence-electron chi connectivity index (χ1n) is 5.83. The minimum Gasteiger partial charge on any atom is -0.506 e. The molecule has 0 aliphatic carbocycles. The van der Waals surface area contributed by atoms with Gasteiger partial charge in [-0.15, -0.1) is 0 Å². The van der Waals surface area contributed by atoms with Crippen LogP contribution in [0.25, 0.3) is 0 Å². The number of hydrogen-bond acceptors (Lipinski definition) is 4. The molecule has 0 unspecified atom stereocenters. The second-order valence-electron chi connectivity index (χ2n) is 4.27. The van der Waals surface area contributed by atoms with E-state index in [1.54, 1.807) is 12.1 Å². The van der Waals surface area contributed by atoms with Crippen molar-refractivity contribution in [2.24, 2.45) is 5.92 Å². The number of hydrogen-bond donors (Lipinski definition) is 1. The van der Waals surface area contributed by atoms with E-state index in [0.717, 1.165) is 31.6 Å². The maximum Gasteiger partial charge on any atom is 0.308 e. The van der Waals surface area contributed by atoms with Crippen LogP contribution < -0.4 is 4.90 Å². The number of phenols is 1. The normalized spacial score (nSPS) is 16.9. The number of esters is 1. The number of rotatable bonds is 2. The summed E-state index contributed by atoms with van der Waals surface area (Å²) in [6, 6.07) is 7.29. The average molecular weight is 235 g/mol. The molecule has 1 heterocycles. The van der Waals surface area contributed by atoms with Gasteiger partial charge in [0.05, 0.1) is 18.7 Å². The van der Waals surface area contributed by atoms with E-state index in [1.165, 1.54) is 7.11 Å². The molecule has 0 aromatic heterocycles. The van der Waals surface area contributed by atoms with Gasteiger partial charge in [-0.2, -0.15) is 0 Å². The van der Waals surface area contributed by atoms with Gasteiger partial charge < -0.3 is 14.7 Å². The summed E-state index contributed by atoms with van der Waals surface area (Å²) in [5.41, 5.74) is 0.843. The molecule has 1 aliphatic rings. The minimum atomic E-state index is -0.123. The van der Waals surface area contributed by atoms with Crippen molar-refractivity contribution in [2.45, 2.75) is 12.8 Å². The molecule has 1 aromatic carbocycles. The second-order valence-corrected chi connectivity index (χ2v) is 4.27. The van der Waals surface area contributed by atoms with Gasteiger partial charge >= 0.3 is 5.97 Å². The van der Waals surface area contributed by atoms with Crippen molar-refractivity contribution < 1.29 is 14.6 Å². The molecule has 1 aromatic rings. The molecule has 1 N–H and O–H groups in total. The van der Waals surface area contributed by atoms with E-state index < -0.39 is 0 Å². The molecule has 1 aliphatic heterocycles. The van der Waals surface area contributed by atoms with Crippen molar-refractivity contribution in [1.29, 1.82) is 0 Å². The topological polar surface area (TPSA) is 49.8 Å². The largest absolute Gasteiger partial charge is 0.506 e. The first kappa shape index (κ1) is 11.8. The van der Waals surface area contributed by atoms with Gasteiger partial charge in [0, 0.05) is 13.1 Å². The molecule has 0 saturated carbocycles. The lowest BCUT2D eigenvalue weighted by molar-refractivity contribution is -0.146. The van der Waals surface area contributed by atoms with E-state index in [9.17, 15) is 9.90 Å². The Morgan fingerprint density at radius 2 is 2.00 bits per heavy atom. The Morgan fingerprint density at radius 1 is 1.35 bits per heavy atom. The van der Waals surface area contributed by atoms with E-state index in [2.05, 4.69) is 4.90 Å². The highest BCUT2D eigenvalue weighted by Crippen LogP contribution is 2.30. The fraction of sp³-hybridized carbons (Fsp3) is 0.462. The lowest BCUT2D eigenvalue weighted by Crippen LogP contribution is -2.36. The molecule has 0 amide bonds. The molecule has 17 heavy (non-hydrogen) atoms. The summed E-state index contributed by atoms with van der Waals surface area (Å²) >= 11 is 0. The Bertz CT molecular complexity index is 397. The number of benzene rings is 1. The first-order chi connectivity index (χ1) is 8.22. The van der Waals surface area contributed by atoms with Crippen molar-refractivity contribution in [3.63, 3.8) is 0 Å². The Balaban J connectivity index is 2.00. The first-order valence-corrected chi connectivity index (χ1v) is 5.83. The van der Waals surface area contributed by atoms with Crippen LogP contribution in [-0.4, -0.2) is 31.3 Å². The molecular formula is C13H17NO3. The predicted octanol–water partition coefficient (Wildman–Crippen LogP) is 1.78. The van der Waals surface area contributed by atoms with Crippen LogP contribution in [0.2, 0.25) is 0 Å². The molecule has 0 bridgehead atoms. The third-order valence-electron chi connectivity index (χ3n) is 3.25. The Hall–Kier alpha value is -1.71. The van der Waals surface area contributed by atoms with Crippen LogP contribution >= 0.6 is 0 Å². The van der Waals surface area contributed by atoms with Crippen LogP contribution in [0.15, 0.2) is 24.3 Å². The molecule has 2 rings (SSSR count). The quantitative estimate of drug-likeness (QED) is 0.794. The molecule has 0 spiro atoms. The zero-order chi connectivity index (χ0) is 12.3. The van der Waals surface area contributed by atoms with Crippen LogP contribution in [0.4, 0.5) is 5.69 Å². The molecule has 1 saturated heterocycles. The fourth-order valence-corrected chi connectivity index (χ4v) is 2.25. The van der Waals surface area contributed by atoms with Crippen LogP contribution in [0.1, 0.15) is 12.8 Å². The van der Waals surface area contributed by atoms with E-state index >= 15 is 0 Å². The van der Waals surface area contributed by atoms with Crippen LogP contribution in [0.3, 0.4) is 0 Å². The SMILES string of the molecule is COC(=O)C1CCN(c2ccccc2O)CC1. The summed E-state index contributed by atoms with van der Waals surface area (Å²) in [7, 11) is 1.43. The van der Waals surface area contributed by atoms with Crippen molar-refractivity contribution in [1.82, 2.24) is 0 Å². The third kappa shape index (κ3) is 2.52. The average Bonchev–Trinajstić information content (AvgIpc) is 2.39. The molecule has 4 heteroatoms. The smallest absolute Gasteiger partial charge is 0.308 e. The van der Waals surface area contributed by atoms with Gasteiger partial charge in [-0.25, -0.2) is 0 Å². The summed E-state index contributed by atoms with van der Waals surface area (Å²) in [4.78, 5) is 13.5. The highest BCUT2D eigenvalue weighted by atomic mass is 16.5. The molecule has 4 nitrogen and oxygen atoms in total. The van der Waals surface area contributed by atoms with Gasteiger partial charge in [0.15, 0.2) is 0 Å². The summed E-state index contributed by atoms with van der Waals surface area (Å²) in [5, 5.41) is 9.75. The lowest BCUT2D eigenvalue weighted by atomic mass is 9.96. The maximum absolute atomic E-state index is 11.4. The molecule has 0 radical (unpaired) electrons. The second kappa shape index (κ2) is 5.08. The molecule has 92 valence electrons. The van der Waals surface area contributed by atoms with Gasteiger partial charge in [0.25, 0.3) is 0 Å². The van der Waals surface area contributed by atoms with E-state index in [-0.39, 0.29) is 11.9 Å². The third-order valence-corrected chi connectivity index (χ3v) is 3.25. The number of nitrogens with zero attached hydrogens (tertiary/aromatic N) is 1. The fourth-order valence-electron chi connectivity index (χ4n) is 2.25. The summed E-state index contributed by atoms with van der Waals surface area (Å²) < 4.78 is 4.75. The number of para-hydroxylation sites is 2.